The van der Waals surface area contributed by atoms with Crippen molar-refractivity contribution in [3.63, 3.8) is 0 Å². The van der Waals surface area contributed by atoms with E-state index in [0.717, 1.165) is 19.4 Å². The number of nitrogens with one attached hydrogen (secondary N) is 1. The average Bonchev–Trinajstić information content (AvgIpc) is 3.24. The lowest BCUT2D eigenvalue weighted by Gasteiger charge is -2.34. The van der Waals surface area contributed by atoms with Crippen LogP contribution in [0.15, 0.2) is 60.8 Å². The molecule has 2 aromatic carbocycles. The van der Waals surface area contributed by atoms with Gasteiger partial charge in [0.2, 0.25) is 5.91 Å². The number of carbonyl (C=O) groups excluding carboxylic acids is 1. The molecule has 0 radical (unpaired) electrons. The van der Waals surface area contributed by atoms with E-state index in [-0.39, 0.29) is 5.91 Å². The Balaban J connectivity index is 1.45. The normalized spacial score (nSPS) is 15.3. The zero-order valence-corrected chi connectivity index (χ0v) is 15.4. The van der Waals surface area contributed by atoms with E-state index in [0.29, 0.717) is 6.54 Å². The average molecular weight is 347 g/mol. The summed E-state index contributed by atoms with van der Waals surface area (Å²) in [6, 6.07) is 18.8. The summed E-state index contributed by atoms with van der Waals surface area (Å²) < 4.78 is 2.20. The number of nitrogens with zero attached hydrogens (tertiary/aromatic N) is 2. The van der Waals surface area contributed by atoms with Crippen molar-refractivity contribution in [2.24, 2.45) is 0 Å². The highest BCUT2D eigenvalue weighted by atomic mass is 16.2. The van der Waals surface area contributed by atoms with Crippen LogP contribution < -0.4 is 5.32 Å². The van der Waals surface area contributed by atoms with E-state index in [1.54, 1.807) is 0 Å². The molecular weight excluding hydrogens is 322 g/mol. The quantitative estimate of drug-likeness (QED) is 0.771. The van der Waals surface area contributed by atoms with Crippen LogP contribution in [-0.2, 0) is 24.2 Å². The van der Waals surface area contributed by atoms with E-state index in [4.69, 9.17) is 0 Å². The van der Waals surface area contributed by atoms with Gasteiger partial charge in [0.25, 0.3) is 0 Å². The van der Waals surface area contributed by atoms with Gasteiger partial charge in [-0.1, -0.05) is 42.5 Å². The Labute approximate surface area is 154 Å². The third kappa shape index (κ3) is 2.80. The molecule has 0 spiro atoms. The monoisotopic (exact) mass is 347 g/mol. The second-order valence-electron chi connectivity index (χ2n) is 7.37. The Morgan fingerprint density at radius 1 is 1.04 bits per heavy atom. The van der Waals surface area contributed by atoms with Crippen LogP contribution in [0.5, 0.6) is 0 Å². The fraction of sp³-hybridized carbons (Fsp3) is 0.318. The lowest BCUT2D eigenvalue weighted by Crippen LogP contribution is -2.57. The van der Waals surface area contributed by atoms with Gasteiger partial charge < -0.3 is 9.88 Å². The summed E-state index contributed by atoms with van der Waals surface area (Å²) in [6.45, 7) is 1.40. The first kappa shape index (κ1) is 16.9. The molecule has 26 heavy (non-hydrogen) atoms. The molecular formula is C22H25N3O. The molecule has 0 saturated heterocycles. The zero-order valence-electron chi connectivity index (χ0n) is 15.4. The maximum absolute atomic E-state index is 13.1. The summed E-state index contributed by atoms with van der Waals surface area (Å²) in [6.07, 6.45) is 3.63. The van der Waals surface area contributed by atoms with Crippen LogP contribution in [0.2, 0.25) is 0 Å². The van der Waals surface area contributed by atoms with Gasteiger partial charge >= 0.3 is 0 Å². The van der Waals surface area contributed by atoms with Gasteiger partial charge in [-0.25, -0.2) is 0 Å². The van der Waals surface area contributed by atoms with Crippen LogP contribution in [0.4, 0.5) is 0 Å². The van der Waals surface area contributed by atoms with Crippen LogP contribution in [0.25, 0.3) is 10.9 Å². The third-order valence-corrected chi connectivity index (χ3v) is 5.68. The van der Waals surface area contributed by atoms with E-state index >= 15 is 0 Å². The smallest absolute Gasteiger partial charge is 0.241 e. The standard InChI is InChI=1S/C22H25N3O/c1-24(2)22(15-18-8-3-4-9-19(18)16-22)21(26)23-12-14-25-13-11-17-7-5-6-10-20(17)25/h3-11,13H,12,14-16H2,1-2H3,(H,23,26). The van der Waals surface area contributed by atoms with Gasteiger partial charge in [-0.15, -0.1) is 0 Å². The molecule has 0 aliphatic heterocycles. The second kappa shape index (κ2) is 6.61. The summed E-state index contributed by atoms with van der Waals surface area (Å²) in [7, 11) is 4.01. The van der Waals surface area contributed by atoms with Crippen molar-refractivity contribution >= 4 is 16.8 Å². The first-order chi connectivity index (χ1) is 12.6. The van der Waals surface area contributed by atoms with Gasteiger partial charge in [0, 0.05) is 37.6 Å². The summed E-state index contributed by atoms with van der Waals surface area (Å²) >= 11 is 0. The molecule has 0 atom stereocenters. The summed E-state index contributed by atoms with van der Waals surface area (Å²) in [5.41, 5.74) is 3.29. The predicted octanol–water partition coefficient (Wildman–Crippen LogP) is 2.86. The lowest BCUT2D eigenvalue weighted by molar-refractivity contribution is -0.131. The second-order valence-corrected chi connectivity index (χ2v) is 7.37. The minimum absolute atomic E-state index is 0.121. The molecule has 0 bridgehead atoms. The number of rotatable bonds is 5. The number of likely N-dealkylation sites (N-methyl/N-ethyl adjacent to an activating group) is 1. The van der Waals surface area contributed by atoms with E-state index in [1.165, 1.54) is 22.0 Å². The first-order valence-electron chi connectivity index (χ1n) is 9.16. The minimum atomic E-state index is -0.484. The zero-order chi connectivity index (χ0) is 18.1. The van der Waals surface area contributed by atoms with Crippen molar-refractivity contribution in [1.82, 2.24) is 14.8 Å². The largest absolute Gasteiger partial charge is 0.353 e. The molecule has 4 nitrogen and oxygen atoms in total. The molecule has 0 unspecified atom stereocenters. The van der Waals surface area contributed by atoms with Crippen LogP contribution in [0.1, 0.15) is 11.1 Å². The van der Waals surface area contributed by atoms with Crippen molar-refractivity contribution in [2.75, 3.05) is 20.6 Å². The molecule has 4 heteroatoms. The molecule has 3 aromatic rings. The van der Waals surface area contributed by atoms with Crippen molar-refractivity contribution in [3.05, 3.63) is 71.9 Å². The lowest BCUT2D eigenvalue weighted by atomic mass is 9.93. The highest BCUT2D eigenvalue weighted by molar-refractivity contribution is 5.88. The maximum Gasteiger partial charge on any atom is 0.241 e. The van der Waals surface area contributed by atoms with Crippen LogP contribution >= 0.6 is 0 Å². The van der Waals surface area contributed by atoms with Crippen molar-refractivity contribution in [2.45, 2.75) is 24.9 Å². The number of hydrogen-bond donors (Lipinski definition) is 1. The highest BCUT2D eigenvalue weighted by Gasteiger charge is 2.45. The Kier molecular flexibility index (Phi) is 4.29. The Morgan fingerprint density at radius 2 is 1.69 bits per heavy atom. The molecule has 0 fully saturated rings. The Bertz CT molecular complexity index is 916. The molecule has 1 amide bonds. The fourth-order valence-electron chi connectivity index (χ4n) is 4.06. The molecule has 1 heterocycles. The Morgan fingerprint density at radius 3 is 2.38 bits per heavy atom. The van der Waals surface area contributed by atoms with E-state index in [9.17, 15) is 4.79 Å². The Hall–Kier alpha value is -2.59. The summed E-state index contributed by atoms with van der Waals surface area (Å²) in [4.78, 5) is 15.2. The molecule has 134 valence electrons. The maximum atomic E-state index is 13.1. The number of amides is 1. The molecule has 1 aromatic heterocycles. The van der Waals surface area contributed by atoms with E-state index < -0.39 is 5.54 Å². The van der Waals surface area contributed by atoms with Gasteiger partial charge in [-0.05, 0) is 42.7 Å². The first-order valence-corrected chi connectivity index (χ1v) is 9.16. The number of para-hydroxylation sites is 1. The van der Waals surface area contributed by atoms with Crippen LogP contribution in [0.3, 0.4) is 0 Å². The molecule has 0 saturated carbocycles. The molecule has 1 aliphatic rings. The SMILES string of the molecule is CN(C)C1(C(=O)NCCn2ccc3ccccc32)Cc2ccccc2C1. The number of aromatic nitrogens is 1. The minimum Gasteiger partial charge on any atom is -0.353 e. The fourth-order valence-corrected chi connectivity index (χ4v) is 4.06. The van der Waals surface area contributed by atoms with E-state index in [1.807, 2.05) is 26.2 Å². The van der Waals surface area contributed by atoms with Gasteiger partial charge in [0.1, 0.15) is 5.54 Å². The summed E-state index contributed by atoms with van der Waals surface area (Å²) in [5.74, 6) is 0.121. The van der Waals surface area contributed by atoms with Crippen LogP contribution in [0, 0.1) is 0 Å². The number of hydrogen-bond acceptors (Lipinski definition) is 2. The number of benzene rings is 2. The molecule has 1 N–H and O–H groups in total. The van der Waals surface area contributed by atoms with Gasteiger partial charge in [-0.3, -0.25) is 9.69 Å². The summed E-state index contributed by atoms with van der Waals surface area (Å²) in [5, 5.41) is 4.41. The molecule has 4 rings (SSSR count). The third-order valence-electron chi connectivity index (χ3n) is 5.68. The number of carbonyl (C=O) groups is 1. The van der Waals surface area contributed by atoms with E-state index in [2.05, 4.69) is 63.4 Å². The topological polar surface area (TPSA) is 37.3 Å². The van der Waals surface area contributed by atoms with Crippen molar-refractivity contribution in [3.8, 4) is 0 Å². The van der Waals surface area contributed by atoms with Crippen LogP contribution in [-0.4, -0.2) is 41.6 Å². The van der Waals surface area contributed by atoms with Gasteiger partial charge in [0.05, 0.1) is 0 Å². The van der Waals surface area contributed by atoms with Crippen molar-refractivity contribution in [1.29, 1.82) is 0 Å². The molecule has 1 aliphatic carbocycles. The highest BCUT2D eigenvalue weighted by Crippen LogP contribution is 2.33. The number of fused-ring (bicyclic) bond motifs is 2. The van der Waals surface area contributed by atoms with Gasteiger partial charge in [-0.2, -0.15) is 0 Å². The van der Waals surface area contributed by atoms with Gasteiger partial charge in [0.15, 0.2) is 0 Å². The predicted molar refractivity (Wildman–Crippen MR) is 105 cm³/mol. The van der Waals surface area contributed by atoms with Crippen molar-refractivity contribution < 1.29 is 4.79 Å².